The maximum atomic E-state index is 11.4. The van der Waals surface area contributed by atoms with E-state index < -0.39 is 0 Å². The highest BCUT2D eigenvalue weighted by molar-refractivity contribution is 5.76. The van der Waals surface area contributed by atoms with Crippen molar-refractivity contribution in [3.05, 3.63) is 24.3 Å². The summed E-state index contributed by atoms with van der Waals surface area (Å²) in [5, 5.41) is 5.76. The summed E-state index contributed by atoms with van der Waals surface area (Å²) in [7, 11) is 3.45. The smallest absolute Gasteiger partial charge is 0.221 e. The van der Waals surface area contributed by atoms with E-state index in [1.165, 1.54) is 0 Å². The molecule has 1 amide bonds. The Morgan fingerprint density at radius 1 is 1.26 bits per heavy atom. The fourth-order valence-corrected chi connectivity index (χ4v) is 1.51. The number of hydrogen-bond acceptors (Lipinski definition) is 4. The number of amides is 1. The third-order valence-corrected chi connectivity index (χ3v) is 2.59. The Morgan fingerprint density at radius 3 is 2.47 bits per heavy atom. The third-order valence-electron chi connectivity index (χ3n) is 2.59. The lowest BCUT2D eigenvalue weighted by molar-refractivity contribution is -0.121. The highest BCUT2D eigenvalue weighted by Crippen LogP contribution is 2.17. The molecule has 0 aromatic heterocycles. The van der Waals surface area contributed by atoms with Gasteiger partial charge in [-0.3, -0.25) is 4.79 Å². The van der Waals surface area contributed by atoms with Gasteiger partial charge in [-0.2, -0.15) is 0 Å². The van der Waals surface area contributed by atoms with Crippen LogP contribution in [0.3, 0.4) is 0 Å². The largest absolute Gasteiger partial charge is 0.497 e. The van der Waals surface area contributed by atoms with Crippen molar-refractivity contribution in [2.45, 2.75) is 19.4 Å². The first-order valence-corrected chi connectivity index (χ1v) is 6.37. The van der Waals surface area contributed by atoms with Crippen molar-refractivity contribution >= 4 is 5.91 Å². The van der Waals surface area contributed by atoms with Crippen molar-refractivity contribution in [3.63, 3.8) is 0 Å². The third kappa shape index (κ3) is 6.10. The van der Waals surface area contributed by atoms with E-state index in [0.717, 1.165) is 11.5 Å². The van der Waals surface area contributed by atoms with Crippen molar-refractivity contribution in [2.24, 2.45) is 0 Å². The van der Waals surface area contributed by atoms with E-state index in [0.29, 0.717) is 19.5 Å². The number of carbonyl (C=O) groups excluding carboxylic acids is 1. The van der Waals surface area contributed by atoms with Crippen LogP contribution in [0.4, 0.5) is 0 Å². The molecule has 19 heavy (non-hydrogen) atoms. The van der Waals surface area contributed by atoms with E-state index in [9.17, 15) is 4.79 Å². The second kappa shape index (κ2) is 8.37. The van der Waals surface area contributed by atoms with Gasteiger partial charge >= 0.3 is 0 Å². The van der Waals surface area contributed by atoms with Gasteiger partial charge in [0.05, 0.1) is 13.7 Å². The van der Waals surface area contributed by atoms with Crippen LogP contribution in [0.2, 0.25) is 0 Å². The molecule has 0 saturated carbocycles. The lowest BCUT2D eigenvalue weighted by atomic mass is 10.3. The standard InChI is InChI=1S/C14H22N2O3/c1-11(10-16-14(17)8-9-15-2)19-13-6-4-12(18-3)5-7-13/h4-7,11,15H,8-10H2,1-3H3,(H,16,17). The van der Waals surface area contributed by atoms with Gasteiger partial charge in [0, 0.05) is 13.0 Å². The highest BCUT2D eigenvalue weighted by atomic mass is 16.5. The minimum atomic E-state index is -0.0769. The number of benzene rings is 1. The van der Waals surface area contributed by atoms with E-state index >= 15 is 0 Å². The molecule has 0 radical (unpaired) electrons. The van der Waals surface area contributed by atoms with Crippen LogP contribution in [0.1, 0.15) is 13.3 Å². The van der Waals surface area contributed by atoms with Gasteiger partial charge in [-0.15, -0.1) is 0 Å². The number of rotatable bonds is 8. The molecule has 1 aromatic rings. The van der Waals surface area contributed by atoms with Crippen molar-refractivity contribution in [2.75, 3.05) is 27.2 Å². The Morgan fingerprint density at radius 2 is 1.89 bits per heavy atom. The lowest BCUT2D eigenvalue weighted by Crippen LogP contribution is -2.34. The predicted molar refractivity (Wildman–Crippen MR) is 74.6 cm³/mol. The van der Waals surface area contributed by atoms with Gasteiger partial charge in [0.2, 0.25) is 5.91 Å². The van der Waals surface area contributed by atoms with Crippen molar-refractivity contribution < 1.29 is 14.3 Å². The summed E-state index contributed by atoms with van der Waals surface area (Å²) in [5.74, 6) is 1.58. The zero-order valence-corrected chi connectivity index (χ0v) is 11.7. The van der Waals surface area contributed by atoms with Gasteiger partial charge in [0.1, 0.15) is 17.6 Å². The molecule has 5 heteroatoms. The molecule has 1 unspecified atom stereocenters. The molecule has 0 aliphatic heterocycles. The second-order valence-electron chi connectivity index (χ2n) is 4.26. The molecule has 2 N–H and O–H groups in total. The molecular weight excluding hydrogens is 244 g/mol. The van der Waals surface area contributed by atoms with E-state index in [2.05, 4.69) is 10.6 Å². The zero-order valence-electron chi connectivity index (χ0n) is 11.7. The molecule has 5 nitrogen and oxygen atoms in total. The SMILES string of the molecule is CNCCC(=O)NCC(C)Oc1ccc(OC)cc1. The minimum absolute atomic E-state index is 0.0273. The quantitative estimate of drug-likeness (QED) is 0.742. The number of nitrogens with one attached hydrogen (secondary N) is 2. The predicted octanol–water partition coefficient (Wildman–Crippen LogP) is 1.19. The lowest BCUT2D eigenvalue weighted by Gasteiger charge is -2.15. The van der Waals surface area contributed by atoms with Crippen LogP contribution in [-0.2, 0) is 4.79 Å². The number of carbonyl (C=O) groups is 1. The zero-order chi connectivity index (χ0) is 14.1. The maximum absolute atomic E-state index is 11.4. The Labute approximate surface area is 114 Å². The molecule has 106 valence electrons. The van der Waals surface area contributed by atoms with Gasteiger partial charge in [-0.1, -0.05) is 0 Å². The molecule has 1 atom stereocenters. The minimum Gasteiger partial charge on any atom is -0.497 e. The summed E-state index contributed by atoms with van der Waals surface area (Å²) in [5.41, 5.74) is 0. The Bertz CT molecular complexity index is 379. The first-order chi connectivity index (χ1) is 9.15. The van der Waals surface area contributed by atoms with E-state index in [-0.39, 0.29) is 12.0 Å². The maximum Gasteiger partial charge on any atom is 0.221 e. The monoisotopic (exact) mass is 266 g/mol. The van der Waals surface area contributed by atoms with E-state index in [4.69, 9.17) is 9.47 Å². The fraction of sp³-hybridized carbons (Fsp3) is 0.500. The van der Waals surface area contributed by atoms with Crippen LogP contribution >= 0.6 is 0 Å². The van der Waals surface area contributed by atoms with Crippen LogP contribution in [0, 0.1) is 0 Å². The van der Waals surface area contributed by atoms with Crippen molar-refractivity contribution in [1.29, 1.82) is 0 Å². The molecule has 0 saturated heterocycles. The normalized spacial score (nSPS) is 11.7. The first-order valence-electron chi connectivity index (χ1n) is 6.37. The number of ether oxygens (including phenoxy) is 2. The van der Waals surface area contributed by atoms with Crippen molar-refractivity contribution in [3.8, 4) is 11.5 Å². The molecule has 0 fully saturated rings. The first kappa shape index (κ1) is 15.3. The molecule has 0 aliphatic rings. The summed E-state index contributed by atoms with van der Waals surface area (Å²) >= 11 is 0. The second-order valence-corrected chi connectivity index (χ2v) is 4.26. The Hall–Kier alpha value is -1.75. The topological polar surface area (TPSA) is 59.6 Å². The van der Waals surface area contributed by atoms with E-state index in [1.807, 2.05) is 38.2 Å². The van der Waals surface area contributed by atoms with Crippen LogP contribution in [0.25, 0.3) is 0 Å². The van der Waals surface area contributed by atoms with Gasteiger partial charge < -0.3 is 20.1 Å². The summed E-state index contributed by atoms with van der Waals surface area (Å²) in [6.07, 6.45) is 0.401. The number of methoxy groups -OCH3 is 1. The summed E-state index contributed by atoms with van der Waals surface area (Å²) in [6.45, 7) is 3.09. The molecule has 0 spiro atoms. The summed E-state index contributed by atoms with van der Waals surface area (Å²) < 4.78 is 10.8. The van der Waals surface area contributed by atoms with Crippen molar-refractivity contribution in [1.82, 2.24) is 10.6 Å². The van der Waals surface area contributed by atoms with Gasteiger partial charge in [-0.05, 0) is 38.2 Å². The molecule has 0 heterocycles. The van der Waals surface area contributed by atoms with Gasteiger partial charge in [0.25, 0.3) is 0 Å². The average Bonchev–Trinajstić information content (AvgIpc) is 2.43. The molecule has 1 aromatic carbocycles. The molecular formula is C14H22N2O3. The fourth-order valence-electron chi connectivity index (χ4n) is 1.51. The van der Waals surface area contributed by atoms with Crippen LogP contribution in [0.5, 0.6) is 11.5 Å². The number of hydrogen-bond donors (Lipinski definition) is 2. The summed E-state index contributed by atoms with van der Waals surface area (Å²) in [4.78, 5) is 11.4. The highest BCUT2D eigenvalue weighted by Gasteiger charge is 2.06. The van der Waals surface area contributed by atoms with Gasteiger partial charge in [0.15, 0.2) is 0 Å². The van der Waals surface area contributed by atoms with Gasteiger partial charge in [-0.25, -0.2) is 0 Å². The molecule has 1 rings (SSSR count). The molecule has 0 aliphatic carbocycles. The average molecular weight is 266 g/mol. The molecule has 0 bridgehead atoms. The van der Waals surface area contributed by atoms with Crippen LogP contribution in [0.15, 0.2) is 24.3 Å². The van der Waals surface area contributed by atoms with E-state index in [1.54, 1.807) is 7.11 Å². The van der Waals surface area contributed by atoms with Crippen LogP contribution in [-0.4, -0.2) is 39.3 Å². The Kier molecular flexibility index (Phi) is 6.74. The Balaban J connectivity index is 2.29. The van der Waals surface area contributed by atoms with Crippen LogP contribution < -0.4 is 20.1 Å². The summed E-state index contributed by atoms with van der Waals surface area (Å²) in [6, 6.07) is 7.37.